The van der Waals surface area contributed by atoms with Gasteiger partial charge in [0.25, 0.3) is 0 Å². The van der Waals surface area contributed by atoms with Crippen molar-refractivity contribution in [2.24, 2.45) is 5.41 Å². The Morgan fingerprint density at radius 2 is 1.89 bits per heavy atom. The van der Waals surface area contributed by atoms with Gasteiger partial charge >= 0.3 is 0 Å². The summed E-state index contributed by atoms with van der Waals surface area (Å²) < 4.78 is 0. The first-order chi connectivity index (χ1) is 13.1. The van der Waals surface area contributed by atoms with Crippen molar-refractivity contribution in [3.8, 4) is 0 Å². The molecule has 3 unspecified atom stereocenters. The lowest BCUT2D eigenvalue weighted by Gasteiger charge is -2.34. The highest BCUT2D eigenvalue weighted by Crippen LogP contribution is 2.66. The van der Waals surface area contributed by atoms with Gasteiger partial charge in [-0.2, -0.15) is 5.10 Å². The van der Waals surface area contributed by atoms with E-state index in [1.807, 2.05) is 39.0 Å². The summed E-state index contributed by atoms with van der Waals surface area (Å²) in [5, 5.41) is 12.2. The van der Waals surface area contributed by atoms with Gasteiger partial charge in [-0.3, -0.25) is 4.79 Å². The molecule has 2 bridgehead atoms. The van der Waals surface area contributed by atoms with Crippen LogP contribution in [0.4, 0.5) is 5.69 Å². The van der Waals surface area contributed by atoms with Crippen LogP contribution in [0.15, 0.2) is 23.4 Å². The Morgan fingerprint density at radius 3 is 2.57 bits per heavy atom. The molecule has 2 aliphatic rings. The van der Waals surface area contributed by atoms with Crippen LogP contribution in [0, 0.1) is 19.3 Å². The summed E-state index contributed by atoms with van der Waals surface area (Å²) in [6, 6.07) is 6.01. The third-order valence-electron chi connectivity index (χ3n) is 7.15. The first kappa shape index (κ1) is 19.4. The normalized spacial score (nSPS) is 25.4. The maximum atomic E-state index is 12.7. The molecular formula is C22H28N4OS. The summed E-state index contributed by atoms with van der Waals surface area (Å²) in [5.74, 6) is 0.399. The van der Waals surface area contributed by atoms with Gasteiger partial charge in [-0.15, -0.1) is 5.10 Å². The fourth-order valence-corrected chi connectivity index (χ4v) is 5.57. The quantitative estimate of drug-likeness (QED) is 0.753. The highest BCUT2D eigenvalue weighted by molar-refractivity contribution is 8.00. The molecule has 0 radical (unpaired) electrons. The molecule has 1 aromatic carbocycles. The van der Waals surface area contributed by atoms with E-state index in [4.69, 9.17) is 4.98 Å². The van der Waals surface area contributed by atoms with Crippen molar-refractivity contribution in [3.63, 3.8) is 0 Å². The Labute approximate surface area is 171 Å². The van der Waals surface area contributed by atoms with Crippen LogP contribution in [-0.4, -0.2) is 26.3 Å². The standard InChI is InChI=1S/C22H28N4OS/c1-12-8-7-9-13(2)16(12)23-19(27)14(3)28-20-24-18-17(25-26-20)15-10-11-22(18,6)21(15,4)5/h7-9,14-15H,10-11H2,1-6H3,(H,23,27). The Kier molecular flexibility index (Phi) is 4.53. The van der Waals surface area contributed by atoms with Crippen molar-refractivity contribution in [1.82, 2.24) is 15.2 Å². The Balaban J connectivity index is 1.52. The SMILES string of the molecule is Cc1cccc(C)c1NC(=O)C(C)Sc1nnc2c(n1)C1(C)CCC2C1(C)C. The second-order valence-corrected chi connectivity index (χ2v) is 10.3. The molecule has 3 atom stereocenters. The van der Waals surface area contributed by atoms with E-state index in [2.05, 4.69) is 36.3 Å². The van der Waals surface area contributed by atoms with E-state index in [1.54, 1.807) is 0 Å². The number of hydrogen-bond donors (Lipinski definition) is 1. The first-order valence-corrected chi connectivity index (χ1v) is 10.8. The fraction of sp³-hybridized carbons (Fsp3) is 0.545. The molecule has 1 fully saturated rings. The van der Waals surface area contributed by atoms with Crippen molar-refractivity contribution >= 4 is 23.4 Å². The van der Waals surface area contributed by atoms with Crippen molar-refractivity contribution in [3.05, 3.63) is 40.7 Å². The van der Waals surface area contributed by atoms with Crippen LogP contribution >= 0.6 is 11.8 Å². The monoisotopic (exact) mass is 396 g/mol. The summed E-state index contributed by atoms with van der Waals surface area (Å²) in [4.78, 5) is 17.6. The second-order valence-electron chi connectivity index (χ2n) is 8.99. The predicted molar refractivity (Wildman–Crippen MR) is 113 cm³/mol. The van der Waals surface area contributed by atoms with Gasteiger partial charge < -0.3 is 5.32 Å². The number of thioether (sulfide) groups is 1. The number of rotatable bonds is 4. The highest BCUT2D eigenvalue weighted by atomic mass is 32.2. The summed E-state index contributed by atoms with van der Waals surface area (Å²) in [5.41, 5.74) is 5.37. The van der Waals surface area contributed by atoms with Gasteiger partial charge in [0.2, 0.25) is 11.1 Å². The molecule has 1 saturated carbocycles. The molecular weight excluding hydrogens is 368 g/mol. The number of anilines is 1. The van der Waals surface area contributed by atoms with Crippen LogP contribution in [-0.2, 0) is 10.2 Å². The largest absolute Gasteiger partial charge is 0.325 e. The number of carbonyl (C=O) groups is 1. The van der Waals surface area contributed by atoms with Crippen molar-refractivity contribution < 1.29 is 4.79 Å². The van der Waals surface area contributed by atoms with E-state index in [9.17, 15) is 4.79 Å². The van der Waals surface area contributed by atoms with Gasteiger partial charge in [-0.1, -0.05) is 50.7 Å². The number of nitrogens with one attached hydrogen (secondary N) is 1. The minimum Gasteiger partial charge on any atom is -0.325 e. The fourth-order valence-electron chi connectivity index (χ4n) is 4.86. The Bertz CT molecular complexity index is 937. The lowest BCUT2D eigenvalue weighted by molar-refractivity contribution is -0.115. The Hall–Kier alpha value is -1.95. The van der Waals surface area contributed by atoms with E-state index in [-0.39, 0.29) is 22.0 Å². The third kappa shape index (κ3) is 2.76. The number of aryl methyl sites for hydroxylation is 2. The molecule has 4 rings (SSSR count). The summed E-state index contributed by atoms with van der Waals surface area (Å²) in [6.07, 6.45) is 2.30. The first-order valence-electron chi connectivity index (χ1n) is 9.94. The average molecular weight is 397 g/mol. The van der Waals surface area contributed by atoms with Crippen molar-refractivity contribution in [2.45, 2.75) is 76.1 Å². The van der Waals surface area contributed by atoms with E-state index in [0.717, 1.165) is 41.0 Å². The minimum absolute atomic E-state index is 0.0421. The molecule has 1 amide bonds. The molecule has 1 heterocycles. The highest BCUT2D eigenvalue weighted by Gasteiger charge is 2.61. The number of nitrogens with zero attached hydrogens (tertiary/aromatic N) is 3. The zero-order valence-electron chi connectivity index (χ0n) is 17.5. The molecule has 28 heavy (non-hydrogen) atoms. The molecule has 0 spiro atoms. The van der Waals surface area contributed by atoms with E-state index >= 15 is 0 Å². The number of amides is 1. The van der Waals surface area contributed by atoms with Crippen LogP contribution < -0.4 is 5.32 Å². The zero-order valence-corrected chi connectivity index (χ0v) is 18.3. The molecule has 1 N–H and O–H groups in total. The van der Waals surface area contributed by atoms with Crippen LogP contribution in [0.25, 0.3) is 0 Å². The number of carbonyl (C=O) groups excluding carboxylic acids is 1. The number of hydrogen-bond acceptors (Lipinski definition) is 5. The zero-order chi connectivity index (χ0) is 20.3. The van der Waals surface area contributed by atoms with Gasteiger partial charge in [0.15, 0.2) is 0 Å². The summed E-state index contributed by atoms with van der Waals surface area (Å²) in [6.45, 7) is 12.8. The molecule has 0 saturated heterocycles. The second kappa shape index (κ2) is 6.55. The van der Waals surface area contributed by atoms with Crippen LogP contribution in [0.5, 0.6) is 0 Å². The van der Waals surface area contributed by atoms with Gasteiger partial charge in [0, 0.05) is 17.0 Å². The van der Waals surface area contributed by atoms with E-state index < -0.39 is 0 Å². The maximum absolute atomic E-state index is 12.7. The van der Waals surface area contributed by atoms with E-state index in [0.29, 0.717) is 11.1 Å². The number of fused-ring (bicyclic) bond motifs is 5. The topological polar surface area (TPSA) is 67.8 Å². The van der Waals surface area contributed by atoms with Crippen LogP contribution in [0.3, 0.4) is 0 Å². The average Bonchev–Trinajstić information content (AvgIpc) is 2.97. The smallest absolute Gasteiger partial charge is 0.237 e. The summed E-state index contributed by atoms with van der Waals surface area (Å²) in [7, 11) is 0. The molecule has 148 valence electrons. The number of para-hydroxylation sites is 1. The van der Waals surface area contributed by atoms with Crippen molar-refractivity contribution in [1.29, 1.82) is 0 Å². The number of aromatic nitrogens is 3. The van der Waals surface area contributed by atoms with Gasteiger partial charge in [-0.05, 0) is 50.2 Å². The van der Waals surface area contributed by atoms with Crippen molar-refractivity contribution in [2.75, 3.05) is 5.32 Å². The molecule has 5 nitrogen and oxygen atoms in total. The lowest BCUT2D eigenvalue weighted by atomic mass is 9.70. The minimum atomic E-state index is -0.307. The van der Waals surface area contributed by atoms with Crippen LogP contribution in [0.1, 0.15) is 69.0 Å². The van der Waals surface area contributed by atoms with Gasteiger partial charge in [0.1, 0.15) is 0 Å². The molecule has 2 aromatic rings. The van der Waals surface area contributed by atoms with Gasteiger partial charge in [-0.25, -0.2) is 4.98 Å². The maximum Gasteiger partial charge on any atom is 0.237 e. The number of benzene rings is 1. The lowest BCUT2D eigenvalue weighted by Crippen LogP contribution is -2.32. The molecule has 6 heteroatoms. The van der Waals surface area contributed by atoms with Crippen LogP contribution in [0.2, 0.25) is 0 Å². The molecule has 2 aliphatic carbocycles. The third-order valence-corrected chi connectivity index (χ3v) is 8.10. The Morgan fingerprint density at radius 1 is 1.21 bits per heavy atom. The predicted octanol–water partition coefficient (Wildman–Crippen LogP) is 4.78. The van der Waals surface area contributed by atoms with Gasteiger partial charge in [0.05, 0.1) is 16.6 Å². The summed E-state index contributed by atoms with van der Waals surface area (Å²) >= 11 is 1.38. The van der Waals surface area contributed by atoms with E-state index in [1.165, 1.54) is 11.8 Å². The molecule has 0 aliphatic heterocycles. The molecule has 1 aromatic heterocycles.